The van der Waals surface area contributed by atoms with E-state index in [4.69, 9.17) is 0 Å². The summed E-state index contributed by atoms with van der Waals surface area (Å²) in [5, 5.41) is 0. The van der Waals surface area contributed by atoms with Gasteiger partial charge in [0.2, 0.25) is 0 Å². The van der Waals surface area contributed by atoms with Crippen LogP contribution in [0.25, 0.3) is 0 Å². The van der Waals surface area contributed by atoms with Crippen molar-refractivity contribution < 1.29 is 0 Å². The van der Waals surface area contributed by atoms with E-state index >= 15 is 0 Å². The van der Waals surface area contributed by atoms with Gasteiger partial charge in [0.25, 0.3) is 0 Å². The van der Waals surface area contributed by atoms with E-state index < -0.39 is 0 Å². The molecule has 2 nitrogen and oxygen atoms in total. The van der Waals surface area contributed by atoms with Crippen LogP contribution in [0.3, 0.4) is 0 Å². The lowest BCUT2D eigenvalue weighted by Gasteiger charge is -2.47. The number of aryl methyl sites for hydroxylation is 1. The molecule has 0 amide bonds. The van der Waals surface area contributed by atoms with E-state index in [0.29, 0.717) is 23.7 Å². The third-order valence-electron chi connectivity index (χ3n) is 8.62. The highest BCUT2D eigenvalue weighted by Crippen LogP contribution is 2.60. The smallest absolute Gasteiger partial charge is 0.0989 e. The van der Waals surface area contributed by atoms with E-state index in [9.17, 15) is 0 Å². The van der Waals surface area contributed by atoms with Crippen molar-refractivity contribution in [2.45, 2.75) is 90.4 Å². The maximum Gasteiger partial charge on any atom is 0.0989 e. The highest BCUT2D eigenvalue weighted by Gasteiger charge is 2.60. The van der Waals surface area contributed by atoms with Gasteiger partial charge in [-0.2, -0.15) is 0 Å². The number of hydrogen-bond donors (Lipinski definition) is 0. The number of fused-ring (bicyclic) bond motifs is 1. The first-order valence-corrected chi connectivity index (χ1v) is 11.5. The predicted molar refractivity (Wildman–Crippen MR) is 114 cm³/mol. The van der Waals surface area contributed by atoms with E-state index in [1.165, 1.54) is 62.6 Å². The maximum atomic E-state index is 2.74. The molecule has 1 aromatic carbocycles. The summed E-state index contributed by atoms with van der Waals surface area (Å²) in [5.74, 6) is 1.80. The molecule has 5 rings (SSSR count). The molecule has 0 bridgehead atoms. The van der Waals surface area contributed by atoms with Gasteiger partial charge in [0, 0.05) is 17.1 Å². The standard InChI is InChI=1S/C25H36N2/c1-18-10-4-9-15-23(18)27-19(2)24-25(21-11-5-6-12-21,22-13-7-8-14-22)16-17-26(24)20(27)3/h4,9-10,15-17,19-22,24H,5-8,11-14H2,1-3H3/t19-,20?,24?/m0/s1. The Morgan fingerprint density at radius 1 is 0.889 bits per heavy atom. The van der Waals surface area contributed by atoms with Crippen LogP contribution < -0.4 is 4.90 Å². The Kier molecular flexibility index (Phi) is 4.29. The Morgan fingerprint density at radius 2 is 1.48 bits per heavy atom. The average Bonchev–Trinajstić information content (AvgIpc) is 3.43. The second-order valence-electron chi connectivity index (χ2n) is 9.74. The summed E-state index contributed by atoms with van der Waals surface area (Å²) >= 11 is 0. The van der Waals surface area contributed by atoms with Gasteiger partial charge in [-0.15, -0.1) is 0 Å². The van der Waals surface area contributed by atoms with Crippen molar-refractivity contribution in [1.29, 1.82) is 0 Å². The van der Waals surface area contributed by atoms with Crippen molar-refractivity contribution in [3.63, 3.8) is 0 Å². The van der Waals surface area contributed by atoms with Gasteiger partial charge in [0.15, 0.2) is 0 Å². The van der Waals surface area contributed by atoms with Crippen molar-refractivity contribution in [2.75, 3.05) is 4.90 Å². The van der Waals surface area contributed by atoms with Crippen LogP contribution in [0.2, 0.25) is 0 Å². The minimum atomic E-state index is 0.415. The molecule has 2 heterocycles. The van der Waals surface area contributed by atoms with Crippen molar-refractivity contribution in [1.82, 2.24) is 4.90 Å². The molecule has 3 fully saturated rings. The molecular weight excluding hydrogens is 328 g/mol. The van der Waals surface area contributed by atoms with Gasteiger partial charge in [-0.1, -0.05) is 50.0 Å². The molecule has 0 radical (unpaired) electrons. The van der Waals surface area contributed by atoms with Gasteiger partial charge in [-0.05, 0) is 76.1 Å². The minimum absolute atomic E-state index is 0.415. The van der Waals surface area contributed by atoms with Crippen molar-refractivity contribution in [3.05, 3.63) is 42.1 Å². The number of hydrogen-bond acceptors (Lipinski definition) is 2. The Morgan fingerprint density at radius 3 is 2.07 bits per heavy atom. The van der Waals surface area contributed by atoms with Crippen LogP contribution in [0.4, 0.5) is 5.69 Å². The first-order valence-electron chi connectivity index (χ1n) is 11.5. The molecule has 4 aliphatic rings. The lowest BCUT2D eigenvalue weighted by molar-refractivity contribution is 0.0561. The molecule has 0 N–H and O–H groups in total. The molecule has 27 heavy (non-hydrogen) atoms. The van der Waals surface area contributed by atoms with E-state index in [2.05, 4.69) is 67.1 Å². The zero-order valence-corrected chi connectivity index (χ0v) is 17.4. The quantitative estimate of drug-likeness (QED) is 0.638. The lowest BCUT2D eigenvalue weighted by atomic mass is 9.60. The van der Waals surface area contributed by atoms with Gasteiger partial charge in [0.1, 0.15) is 0 Å². The third kappa shape index (κ3) is 2.44. The van der Waals surface area contributed by atoms with Gasteiger partial charge in [-0.3, -0.25) is 0 Å². The van der Waals surface area contributed by atoms with E-state index in [-0.39, 0.29) is 0 Å². The summed E-state index contributed by atoms with van der Waals surface area (Å²) < 4.78 is 0. The van der Waals surface area contributed by atoms with Crippen LogP contribution in [0, 0.1) is 24.2 Å². The second-order valence-corrected chi connectivity index (χ2v) is 9.74. The molecule has 2 heteroatoms. The van der Waals surface area contributed by atoms with Crippen LogP contribution in [-0.2, 0) is 0 Å². The highest BCUT2D eigenvalue weighted by atomic mass is 15.5. The monoisotopic (exact) mass is 364 g/mol. The van der Waals surface area contributed by atoms with Gasteiger partial charge in [-0.25, -0.2) is 0 Å². The average molecular weight is 365 g/mol. The Bertz CT molecular complexity index is 695. The van der Waals surface area contributed by atoms with Crippen molar-refractivity contribution in [3.8, 4) is 0 Å². The maximum absolute atomic E-state index is 2.74. The SMILES string of the molecule is Cc1ccccc1N1C(C)N2C=CC(C3CCCC3)(C3CCCC3)C2[C@@H]1C. The number of para-hydroxylation sites is 1. The summed E-state index contributed by atoms with van der Waals surface area (Å²) in [6.07, 6.45) is 17.3. The van der Waals surface area contributed by atoms with Gasteiger partial charge >= 0.3 is 0 Å². The molecule has 2 unspecified atom stereocenters. The summed E-state index contributed by atoms with van der Waals surface area (Å²) in [6, 6.07) is 10.2. The van der Waals surface area contributed by atoms with Gasteiger partial charge in [0.05, 0.1) is 12.2 Å². The van der Waals surface area contributed by atoms with Crippen LogP contribution in [0.5, 0.6) is 0 Å². The molecule has 3 atom stereocenters. The fraction of sp³-hybridized carbons (Fsp3) is 0.680. The van der Waals surface area contributed by atoms with Crippen molar-refractivity contribution >= 4 is 5.69 Å². The summed E-state index contributed by atoms with van der Waals surface area (Å²) in [6.45, 7) is 7.21. The first kappa shape index (κ1) is 17.6. The van der Waals surface area contributed by atoms with Crippen LogP contribution in [0.1, 0.15) is 70.8 Å². The molecule has 1 saturated heterocycles. The number of anilines is 1. The van der Waals surface area contributed by atoms with E-state index in [0.717, 1.165) is 11.8 Å². The summed E-state index contributed by atoms with van der Waals surface area (Å²) in [5.41, 5.74) is 3.26. The second kappa shape index (κ2) is 6.57. The molecule has 2 saturated carbocycles. The zero-order chi connectivity index (χ0) is 18.6. The largest absolute Gasteiger partial charge is 0.352 e. The molecule has 2 aliphatic carbocycles. The lowest BCUT2D eigenvalue weighted by Crippen LogP contribution is -2.51. The van der Waals surface area contributed by atoms with E-state index in [1.807, 2.05) is 0 Å². The highest BCUT2D eigenvalue weighted by molar-refractivity contribution is 5.56. The molecule has 0 aromatic heterocycles. The topological polar surface area (TPSA) is 6.48 Å². The summed E-state index contributed by atoms with van der Waals surface area (Å²) in [4.78, 5) is 5.47. The number of rotatable bonds is 3. The molecular formula is C25H36N2. The molecule has 2 aliphatic heterocycles. The fourth-order valence-corrected chi connectivity index (χ4v) is 7.54. The Labute approximate surface area is 165 Å². The third-order valence-corrected chi connectivity index (χ3v) is 8.62. The Hall–Kier alpha value is -1.44. The summed E-state index contributed by atoms with van der Waals surface area (Å²) in [7, 11) is 0. The van der Waals surface area contributed by atoms with Crippen LogP contribution in [-0.4, -0.2) is 23.1 Å². The fourth-order valence-electron chi connectivity index (χ4n) is 7.54. The zero-order valence-electron chi connectivity index (χ0n) is 17.4. The molecule has 1 aromatic rings. The van der Waals surface area contributed by atoms with Crippen LogP contribution in [0.15, 0.2) is 36.5 Å². The van der Waals surface area contributed by atoms with E-state index in [1.54, 1.807) is 0 Å². The van der Waals surface area contributed by atoms with Crippen molar-refractivity contribution in [2.24, 2.45) is 17.3 Å². The first-order chi connectivity index (χ1) is 13.1. The van der Waals surface area contributed by atoms with Crippen LogP contribution >= 0.6 is 0 Å². The normalized spacial score (nSPS) is 33.4. The van der Waals surface area contributed by atoms with Gasteiger partial charge < -0.3 is 9.80 Å². The minimum Gasteiger partial charge on any atom is -0.352 e. The number of nitrogens with zero attached hydrogens (tertiary/aromatic N) is 2. The molecule has 0 spiro atoms. The predicted octanol–water partition coefficient (Wildman–Crippen LogP) is 6.11. The molecule has 146 valence electrons. The number of benzene rings is 1. The Balaban J connectivity index is 1.57.